The van der Waals surface area contributed by atoms with Crippen LogP contribution in [0, 0.1) is 10.1 Å². The maximum Gasteiger partial charge on any atom is 0.320 e. The van der Waals surface area contributed by atoms with E-state index >= 15 is 0 Å². The van der Waals surface area contributed by atoms with Crippen molar-refractivity contribution < 1.29 is 14.8 Å². The lowest BCUT2D eigenvalue weighted by atomic mass is 10.2. The molecule has 64 valence electrons. The number of aliphatic carboxylic acids is 1. The van der Waals surface area contributed by atoms with Gasteiger partial charge in [-0.1, -0.05) is 0 Å². The molecule has 0 saturated carbocycles. The van der Waals surface area contributed by atoms with Crippen LogP contribution in [0.25, 0.3) is 0 Å². The standard InChI is InChI=1S/C5H10N2O4/c6-4(5(8)9)2-1-3-7(10)11/h4H,1-3,6H2,(H,8,9)/t4-/m1/s1. The van der Waals surface area contributed by atoms with Gasteiger partial charge < -0.3 is 10.8 Å². The average molecular weight is 162 g/mol. The molecule has 3 N–H and O–H groups in total. The van der Waals surface area contributed by atoms with Gasteiger partial charge in [-0.25, -0.2) is 0 Å². The summed E-state index contributed by atoms with van der Waals surface area (Å²) in [5.41, 5.74) is 5.08. The van der Waals surface area contributed by atoms with Crippen LogP contribution in [0.4, 0.5) is 0 Å². The molecule has 0 aromatic heterocycles. The summed E-state index contributed by atoms with van der Waals surface area (Å²) in [7, 11) is 0. The van der Waals surface area contributed by atoms with Crippen LogP contribution in [0.3, 0.4) is 0 Å². The summed E-state index contributed by atoms with van der Waals surface area (Å²) >= 11 is 0. The maximum atomic E-state index is 10.1. The van der Waals surface area contributed by atoms with Gasteiger partial charge in [0.2, 0.25) is 6.54 Å². The minimum Gasteiger partial charge on any atom is -0.480 e. The molecule has 0 spiro atoms. The highest BCUT2D eigenvalue weighted by molar-refractivity contribution is 5.72. The lowest BCUT2D eigenvalue weighted by molar-refractivity contribution is -0.480. The van der Waals surface area contributed by atoms with Crippen molar-refractivity contribution in [3.05, 3.63) is 10.1 Å². The minimum absolute atomic E-state index is 0.149. The Balaban J connectivity index is 3.39. The minimum atomic E-state index is -1.12. The first-order chi connectivity index (χ1) is 5.04. The quantitative estimate of drug-likeness (QED) is 0.417. The SMILES string of the molecule is N[C@H](CCC[N+](=O)[O-])C(=O)O. The Labute approximate surface area is 63.1 Å². The fourth-order valence-corrected chi connectivity index (χ4v) is 0.564. The second-order valence-corrected chi connectivity index (χ2v) is 2.14. The summed E-state index contributed by atoms with van der Waals surface area (Å²) in [6.07, 6.45) is 0.358. The summed E-state index contributed by atoms with van der Waals surface area (Å²) in [5, 5.41) is 18.0. The highest BCUT2D eigenvalue weighted by Gasteiger charge is 2.11. The van der Waals surface area contributed by atoms with Crippen LogP contribution in [0.1, 0.15) is 12.8 Å². The van der Waals surface area contributed by atoms with E-state index in [0.29, 0.717) is 0 Å². The second kappa shape index (κ2) is 4.62. The monoisotopic (exact) mass is 162 g/mol. The third kappa shape index (κ3) is 5.28. The van der Waals surface area contributed by atoms with Crippen molar-refractivity contribution in [2.45, 2.75) is 18.9 Å². The smallest absolute Gasteiger partial charge is 0.320 e. The van der Waals surface area contributed by atoms with Gasteiger partial charge in [0.25, 0.3) is 0 Å². The largest absolute Gasteiger partial charge is 0.480 e. The van der Waals surface area contributed by atoms with Crippen LogP contribution in [0.2, 0.25) is 0 Å². The van der Waals surface area contributed by atoms with Crippen molar-refractivity contribution >= 4 is 5.97 Å². The number of nitro groups is 1. The molecule has 0 aromatic carbocycles. The van der Waals surface area contributed by atoms with Gasteiger partial charge in [0.05, 0.1) is 0 Å². The molecule has 0 amide bonds. The first-order valence-corrected chi connectivity index (χ1v) is 3.14. The number of carbonyl (C=O) groups is 1. The molecule has 11 heavy (non-hydrogen) atoms. The van der Waals surface area contributed by atoms with E-state index in [0.717, 1.165) is 0 Å². The number of carboxylic acids is 1. The van der Waals surface area contributed by atoms with E-state index in [4.69, 9.17) is 10.8 Å². The molecule has 0 saturated heterocycles. The van der Waals surface area contributed by atoms with E-state index in [9.17, 15) is 14.9 Å². The molecular weight excluding hydrogens is 152 g/mol. The summed E-state index contributed by atoms with van der Waals surface area (Å²) in [6, 6.07) is -0.977. The third-order valence-corrected chi connectivity index (χ3v) is 1.17. The molecular formula is C5H10N2O4. The van der Waals surface area contributed by atoms with Crippen LogP contribution in [-0.2, 0) is 4.79 Å². The fraction of sp³-hybridized carbons (Fsp3) is 0.800. The van der Waals surface area contributed by atoms with Gasteiger partial charge in [-0.2, -0.15) is 0 Å². The number of rotatable bonds is 5. The van der Waals surface area contributed by atoms with E-state index in [2.05, 4.69) is 0 Å². The predicted octanol–water partition coefficient (Wildman–Crippen LogP) is -0.545. The summed E-state index contributed by atoms with van der Waals surface area (Å²) in [4.78, 5) is 19.4. The van der Waals surface area contributed by atoms with Gasteiger partial charge in [0, 0.05) is 11.3 Å². The Morgan fingerprint density at radius 3 is 2.64 bits per heavy atom. The second-order valence-electron chi connectivity index (χ2n) is 2.14. The molecule has 6 nitrogen and oxygen atoms in total. The van der Waals surface area contributed by atoms with E-state index in [1.165, 1.54) is 0 Å². The molecule has 0 aliphatic carbocycles. The van der Waals surface area contributed by atoms with Gasteiger partial charge in [0.15, 0.2) is 0 Å². The Morgan fingerprint density at radius 2 is 2.27 bits per heavy atom. The number of hydrogen-bond donors (Lipinski definition) is 2. The number of nitrogens with zero attached hydrogens (tertiary/aromatic N) is 1. The molecule has 1 atom stereocenters. The number of carboxylic acid groups (broad SMARTS) is 1. The zero-order valence-electron chi connectivity index (χ0n) is 5.90. The lowest BCUT2D eigenvalue weighted by Gasteiger charge is -2.01. The average Bonchev–Trinajstić information content (AvgIpc) is 1.86. The first kappa shape index (κ1) is 9.83. The Kier molecular flexibility index (Phi) is 4.12. The normalized spacial score (nSPS) is 12.5. The van der Waals surface area contributed by atoms with Crippen LogP contribution in [-0.4, -0.2) is 28.6 Å². The lowest BCUT2D eigenvalue weighted by Crippen LogP contribution is -2.30. The zero-order chi connectivity index (χ0) is 8.85. The molecule has 0 aliphatic rings. The highest BCUT2D eigenvalue weighted by Crippen LogP contribution is 1.94. The van der Waals surface area contributed by atoms with Crippen molar-refractivity contribution in [1.82, 2.24) is 0 Å². The predicted molar refractivity (Wildman–Crippen MR) is 36.7 cm³/mol. The van der Waals surface area contributed by atoms with E-state index < -0.39 is 16.9 Å². The van der Waals surface area contributed by atoms with Crippen molar-refractivity contribution in [2.24, 2.45) is 5.73 Å². The Morgan fingerprint density at radius 1 is 1.73 bits per heavy atom. The molecule has 0 radical (unpaired) electrons. The Hall–Kier alpha value is -1.17. The number of nitrogens with two attached hydrogens (primary N) is 1. The topological polar surface area (TPSA) is 106 Å². The summed E-state index contributed by atoms with van der Waals surface area (Å²) < 4.78 is 0. The van der Waals surface area contributed by atoms with Crippen molar-refractivity contribution in [1.29, 1.82) is 0 Å². The van der Waals surface area contributed by atoms with Gasteiger partial charge in [-0.05, 0) is 6.42 Å². The van der Waals surface area contributed by atoms with Crippen LogP contribution < -0.4 is 5.73 Å². The van der Waals surface area contributed by atoms with Gasteiger partial charge in [-0.3, -0.25) is 14.9 Å². The van der Waals surface area contributed by atoms with Crippen molar-refractivity contribution in [3.8, 4) is 0 Å². The molecule has 0 fully saturated rings. The van der Waals surface area contributed by atoms with Crippen molar-refractivity contribution in [2.75, 3.05) is 6.54 Å². The maximum absolute atomic E-state index is 10.1. The van der Waals surface area contributed by atoms with Crippen LogP contribution in [0.5, 0.6) is 0 Å². The van der Waals surface area contributed by atoms with E-state index in [-0.39, 0.29) is 19.4 Å². The molecule has 6 heteroatoms. The molecule has 0 heterocycles. The fourth-order valence-electron chi connectivity index (χ4n) is 0.564. The first-order valence-electron chi connectivity index (χ1n) is 3.14. The molecule has 0 rings (SSSR count). The van der Waals surface area contributed by atoms with Gasteiger partial charge in [0.1, 0.15) is 6.04 Å². The molecule has 0 bridgehead atoms. The van der Waals surface area contributed by atoms with Gasteiger partial charge in [-0.15, -0.1) is 0 Å². The van der Waals surface area contributed by atoms with Crippen LogP contribution >= 0.6 is 0 Å². The molecule has 0 unspecified atom stereocenters. The van der Waals surface area contributed by atoms with Crippen molar-refractivity contribution in [3.63, 3.8) is 0 Å². The number of hydrogen-bond acceptors (Lipinski definition) is 4. The Bertz CT molecular complexity index is 159. The van der Waals surface area contributed by atoms with E-state index in [1.54, 1.807) is 0 Å². The third-order valence-electron chi connectivity index (χ3n) is 1.17. The molecule has 0 aromatic rings. The zero-order valence-corrected chi connectivity index (χ0v) is 5.90. The summed E-state index contributed by atoms with van der Waals surface area (Å²) in [5.74, 6) is -1.12. The molecule has 0 aliphatic heterocycles. The van der Waals surface area contributed by atoms with Gasteiger partial charge >= 0.3 is 5.97 Å². The highest BCUT2D eigenvalue weighted by atomic mass is 16.6. The van der Waals surface area contributed by atoms with Crippen LogP contribution in [0.15, 0.2) is 0 Å². The summed E-state index contributed by atoms with van der Waals surface area (Å²) in [6.45, 7) is -0.221. The van der Waals surface area contributed by atoms with E-state index in [1.807, 2.05) is 0 Å².